The minimum Gasteiger partial charge on any atom is -0.396 e. The molecule has 5 heteroatoms. The zero-order valence-electron chi connectivity index (χ0n) is 11.5. The number of nitrogens with one attached hydrogen (secondary N) is 2. The SMILES string of the molecule is O=C(CN1C=CNCC1)Nc1ccc(CCCO)cc1. The van der Waals surface area contributed by atoms with Crippen molar-refractivity contribution in [2.24, 2.45) is 0 Å². The van der Waals surface area contributed by atoms with Crippen LogP contribution in [-0.2, 0) is 11.2 Å². The minimum absolute atomic E-state index is 0.0142. The number of aliphatic hydroxyl groups excluding tert-OH is 1. The Morgan fingerprint density at radius 2 is 2.15 bits per heavy atom. The van der Waals surface area contributed by atoms with Crippen molar-refractivity contribution in [3.8, 4) is 0 Å². The molecule has 1 aliphatic rings. The number of nitrogens with zero attached hydrogens (tertiary/aromatic N) is 1. The smallest absolute Gasteiger partial charge is 0.243 e. The lowest BCUT2D eigenvalue weighted by molar-refractivity contribution is -0.116. The Hall–Kier alpha value is -2.01. The number of carbonyl (C=O) groups excluding carboxylic acids is 1. The van der Waals surface area contributed by atoms with Crippen LogP contribution in [0.1, 0.15) is 12.0 Å². The van der Waals surface area contributed by atoms with E-state index in [2.05, 4.69) is 10.6 Å². The number of hydrogen-bond acceptors (Lipinski definition) is 4. The van der Waals surface area contributed by atoms with E-state index in [4.69, 9.17) is 5.11 Å². The quantitative estimate of drug-likeness (QED) is 0.722. The normalized spacial score (nSPS) is 13.9. The van der Waals surface area contributed by atoms with Crippen LogP contribution in [0.4, 0.5) is 5.69 Å². The standard InChI is InChI=1S/C15H21N3O2/c19-11-1-2-13-3-5-14(6-4-13)17-15(20)12-18-9-7-16-8-10-18/h3-7,9,16,19H,1-2,8,10-12H2,(H,17,20). The molecule has 0 spiro atoms. The van der Waals surface area contributed by atoms with Crippen LogP contribution in [0.15, 0.2) is 36.7 Å². The van der Waals surface area contributed by atoms with Crippen LogP contribution in [0.3, 0.4) is 0 Å². The molecule has 0 bridgehead atoms. The van der Waals surface area contributed by atoms with Crippen LogP contribution >= 0.6 is 0 Å². The van der Waals surface area contributed by atoms with E-state index in [0.29, 0.717) is 6.54 Å². The van der Waals surface area contributed by atoms with E-state index in [1.54, 1.807) is 0 Å². The summed E-state index contributed by atoms with van der Waals surface area (Å²) in [5, 5.41) is 14.8. The Labute approximate surface area is 119 Å². The molecule has 5 nitrogen and oxygen atoms in total. The predicted octanol–water partition coefficient (Wildman–Crippen LogP) is 0.926. The van der Waals surface area contributed by atoms with Gasteiger partial charge in [-0.1, -0.05) is 12.1 Å². The lowest BCUT2D eigenvalue weighted by Gasteiger charge is -2.23. The van der Waals surface area contributed by atoms with Gasteiger partial charge in [-0.2, -0.15) is 0 Å². The maximum atomic E-state index is 11.9. The van der Waals surface area contributed by atoms with Crippen LogP contribution in [0.25, 0.3) is 0 Å². The van der Waals surface area contributed by atoms with Crippen molar-refractivity contribution in [2.45, 2.75) is 12.8 Å². The van der Waals surface area contributed by atoms with E-state index >= 15 is 0 Å². The zero-order valence-corrected chi connectivity index (χ0v) is 11.5. The molecule has 0 saturated carbocycles. The van der Waals surface area contributed by atoms with Crippen LogP contribution in [0.5, 0.6) is 0 Å². The first kappa shape index (κ1) is 14.4. The van der Waals surface area contributed by atoms with Gasteiger partial charge < -0.3 is 20.6 Å². The number of amides is 1. The molecule has 1 aliphatic heterocycles. The molecule has 1 aromatic rings. The number of aryl methyl sites for hydroxylation is 1. The van der Waals surface area contributed by atoms with Crippen molar-refractivity contribution >= 4 is 11.6 Å². The van der Waals surface area contributed by atoms with Gasteiger partial charge in [0.25, 0.3) is 0 Å². The maximum Gasteiger partial charge on any atom is 0.243 e. The lowest BCUT2D eigenvalue weighted by atomic mass is 10.1. The third-order valence-electron chi connectivity index (χ3n) is 3.15. The highest BCUT2D eigenvalue weighted by atomic mass is 16.2. The molecular formula is C15H21N3O2. The summed E-state index contributed by atoms with van der Waals surface area (Å²) >= 11 is 0. The van der Waals surface area contributed by atoms with Crippen molar-refractivity contribution in [1.29, 1.82) is 0 Å². The van der Waals surface area contributed by atoms with Crippen molar-refractivity contribution < 1.29 is 9.90 Å². The highest BCUT2D eigenvalue weighted by Gasteiger charge is 2.09. The van der Waals surface area contributed by atoms with Crippen molar-refractivity contribution in [2.75, 3.05) is 31.6 Å². The molecule has 1 amide bonds. The summed E-state index contributed by atoms with van der Waals surface area (Å²) in [6, 6.07) is 7.77. The van der Waals surface area contributed by atoms with Crippen LogP contribution in [0, 0.1) is 0 Å². The van der Waals surface area contributed by atoms with Gasteiger partial charge in [-0.15, -0.1) is 0 Å². The van der Waals surface area contributed by atoms with E-state index in [1.807, 2.05) is 41.6 Å². The summed E-state index contributed by atoms with van der Waals surface area (Å²) in [5.41, 5.74) is 1.98. The van der Waals surface area contributed by atoms with Crippen LogP contribution < -0.4 is 10.6 Å². The molecule has 0 aliphatic carbocycles. The first-order chi connectivity index (χ1) is 9.78. The molecule has 0 saturated heterocycles. The fourth-order valence-electron chi connectivity index (χ4n) is 2.08. The monoisotopic (exact) mass is 275 g/mol. The number of benzene rings is 1. The van der Waals surface area contributed by atoms with Gasteiger partial charge >= 0.3 is 0 Å². The van der Waals surface area contributed by atoms with Gasteiger partial charge in [0.05, 0.1) is 6.54 Å². The topological polar surface area (TPSA) is 64.6 Å². The van der Waals surface area contributed by atoms with Gasteiger partial charge in [-0.25, -0.2) is 0 Å². The zero-order chi connectivity index (χ0) is 14.2. The molecule has 0 fully saturated rings. The second kappa shape index (κ2) is 7.55. The molecule has 20 heavy (non-hydrogen) atoms. The molecule has 3 N–H and O–H groups in total. The summed E-state index contributed by atoms with van der Waals surface area (Å²) in [7, 11) is 0. The molecule has 0 aromatic heterocycles. The summed E-state index contributed by atoms with van der Waals surface area (Å²) in [4.78, 5) is 13.9. The summed E-state index contributed by atoms with van der Waals surface area (Å²) in [6.45, 7) is 2.27. The molecule has 1 heterocycles. The fraction of sp³-hybridized carbons (Fsp3) is 0.400. The molecule has 0 atom stereocenters. The third kappa shape index (κ3) is 4.59. The Balaban J connectivity index is 1.81. The third-order valence-corrected chi connectivity index (χ3v) is 3.15. The minimum atomic E-state index is -0.0142. The first-order valence-corrected chi connectivity index (χ1v) is 6.92. The van der Waals surface area contributed by atoms with Crippen molar-refractivity contribution in [1.82, 2.24) is 10.2 Å². The van der Waals surface area contributed by atoms with E-state index in [0.717, 1.165) is 31.6 Å². The van der Waals surface area contributed by atoms with Gasteiger partial charge in [0, 0.05) is 37.8 Å². The van der Waals surface area contributed by atoms with E-state index in [-0.39, 0.29) is 12.5 Å². The van der Waals surface area contributed by atoms with E-state index in [1.165, 1.54) is 5.56 Å². The average molecular weight is 275 g/mol. The van der Waals surface area contributed by atoms with Crippen molar-refractivity contribution in [3.63, 3.8) is 0 Å². The summed E-state index contributed by atoms with van der Waals surface area (Å²) < 4.78 is 0. The molecule has 108 valence electrons. The Morgan fingerprint density at radius 1 is 1.35 bits per heavy atom. The van der Waals surface area contributed by atoms with Gasteiger partial charge in [0.1, 0.15) is 0 Å². The Kier molecular flexibility index (Phi) is 5.43. The fourth-order valence-corrected chi connectivity index (χ4v) is 2.08. The van der Waals surface area contributed by atoms with Gasteiger partial charge in [0.2, 0.25) is 5.91 Å². The van der Waals surface area contributed by atoms with E-state index in [9.17, 15) is 4.79 Å². The molecule has 1 aromatic carbocycles. The Bertz CT molecular complexity index is 457. The number of anilines is 1. The van der Waals surface area contributed by atoms with Gasteiger partial charge in [-0.05, 0) is 30.5 Å². The highest BCUT2D eigenvalue weighted by Crippen LogP contribution is 2.11. The second-order valence-corrected chi connectivity index (χ2v) is 4.81. The average Bonchev–Trinajstić information content (AvgIpc) is 2.47. The first-order valence-electron chi connectivity index (χ1n) is 6.92. The van der Waals surface area contributed by atoms with Gasteiger partial charge in [0.15, 0.2) is 0 Å². The number of rotatable bonds is 6. The number of aliphatic hydroxyl groups is 1. The van der Waals surface area contributed by atoms with Crippen LogP contribution in [0.2, 0.25) is 0 Å². The molecule has 0 unspecified atom stereocenters. The van der Waals surface area contributed by atoms with Gasteiger partial charge in [-0.3, -0.25) is 4.79 Å². The van der Waals surface area contributed by atoms with Crippen molar-refractivity contribution in [3.05, 3.63) is 42.2 Å². The summed E-state index contributed by atoms with van der Waals surface area (Å²) in [5.74, 6) is -0.0142. The molecular weight excluding hydrogens is 254 g/mol. The number of hydrogen-bond donors (Lipinski definition) is 3. The van der Waals surface area contributed by atoms with E-state index < -0.39 is 0 Å². The second-order valence-electron chi connectivity index (χ2n) is 4.81. The highest BCUT2D eigenvalue weighted by molar-refractivity contribution is 5.92. The lowest BCUT2D eigenvalue weighted by Crippen LogP contribution is -2.36. The van der Waals surface area contributed by atoms with Crippen LogP contribution in [-0.4, -0.2) is 42.2 Å². The predicted molar refractivity (Wildman–Crippen MR) is 79.2 cm³/mol. The summed E-state index contributed by atoms with van der Waals surface area (Å²) in [6.07, 6.45) is 5.37. The Morgan fingerprint density at radius 3 is 2.80 bits per heavy atom. The number of carbonyl (C=O) groups is 1. The molecule has 0 radical (unpaired) electrons. The maximum absolute atomic E-state index is 11.9. The molecule has 2 rings (SSSR count). The largest absolute Gasteiger partial charge is 0.396 e.